The van der Waals surface area contributed by atoms with Gasteiger partial charge in [0.2, 0.25) is 0 Å². The van der Waals surface area contributed by atoms with E-state index in [4.69, 9.17) is 30.5 Å². The number of fused-ring (bicyclic) bond motifs is 4. The molecule has 2 aromatic rings. The first-order chi connectivity index (χ1) is 15.0. The van der Waals surface area contributed by atoms with E-state index in [1.165, 1.54) is 0 Å². The molecule has 2 aromatic carbocycles. The summed E-state index contributed by atoms with van der Waals surface area (Å²) in [7, 11) is 0. The maximum Gasteiger partial charge on any atom is 0.126 e. The molecule has 6 nitrogen and oxygen atoms in total. The van der Waals surface area contributed by atoms with E-state index in [0.29, 0.717) is 55.6 Å². The lowest BCUT2D eigenvalue weighted by atomic mass is 9.91. The molecule has 4 atom stereocenters. The second-order valence-electron chi connectivity index (χ2n) is 7.98. The van der Waals surface area contributed by atoms with Gasteiger partial charge in [0.25, 0.3) is 0 Å². The average Bonchev–Trinajstić information content (AvgIpc) is 2.78. The molecule has 31 heavy (non-hydrogen) atoms. The number of rotatable bonds is 4. The molecule has 2 aliphatic heterocycles. The number of benzene rings is 2. The summed E-state index contributed by atoms with van der Waals surface area (Å²) >= 11 is 6.61. The van der Waals surface area contributed by atoms with Crippen LogP contribution in [0.15, 0.2) is 36.4 Å². The Labute approximate surface area is 187 Å². The van der Waals surface area contributed by atoms with Crippen molar-refractivity contribution in [2.45, 2.75) is 50.6 Å². The third-order valence-electron chi connectivity index (χ3n) is 5.66. The summed E-state index contributed by atoms with van der Waals surface area (Å²) in [4.78, 5) is 0. The third-order valence-corrected chi connectivity index (χ3v) is 6.01. The molecule has 0 amide bonds. The van der Waals surface area contributed by atoms with Gasteiger partial charge in [0.15, 0.2) is 0 Å². The van der Waals surface area contributed by atoms with E-state index in [-0.39, 0.29) is 6.10 Å². The average molecular weight is 449 g/mol. The van der Waals surface area contributed by atoms with E-state index in [1.807, 2.05) is 37.3 Å². The molecule has 0 spiro atoms. The number of hydrogen-bond acceptors (Lipinski definition) is 6. The number of halogens is 1. The first-order valence-corrected chi connectivity index (χ1v) is 11.2. The molecule has 1 saturated heterocycles. The van der Waals surface area contributed by atoms with Crippen LogP contribution in [0.3, 0.4) is 0 Å². The van der Waals surface area contributed by atoms with Gasteiger partial charge in [-0.3, -0.25) is 0 Å². The Morgan fingerprint density at radius 3 is 2.71 bits per heavy atom. The van der Waals surface area contributed by atoms with Crippen LogP contribution in [0.2, 0.25) is 5.02 Å². The molecule has 0 aromatic heterocycles. The standard InChI is InChI=1S/C24H29ClO6/c1-2-29-17-6-4-15(5-7-17)10-16-11-19-22(13-20(16)25)30-9-3-8-28-14-18-12-21(26)23(27)24(19)31-18/h4-7,11,13,18,21,23-24,26-27H,2-3,8-10,12,14H2,1H3. The second-order valence-corrected chi connectivity index (χ2v) is 8.39. The zero-order valence-corrected chi connectivity index (χ0v) is 18.4. The molecular weight excluding hydrogens is 420 g/mol. The van der Waals surface area contributed by atoms with Gasteiger partial charge in [-0.05, 0) is 48.7 Å². The van der Waals surface area contributed by atoms with Crippen LogP contribution < -0.4 is 9.47 Å². The number of aliphatic hydroxyl groups excluding tert-OH is 2. The summed E-state index contributed by atoms with van der Waals surface area (Å²) < 4.78 is 23.3. The molecule has 0 radical (unpaired) electrons. The quantitative estimate of drug-likeness (QED) is 0.743. The number of aliphatic hydroxyl groups is 2. The van der Waals surface area contributed by atoms with Crippen LogP contribution in [0, 0.1) is 0 Å². The van der Waals surface area contributed by atoms with Crippen LogP contribution >= 0.6 is 11.6 Å². The van der Waals surface area contributed by atoms with Crippen molar-refractivity contribution >= 4 is 11.6 Å². The van der Waals surface area contributed by atoms with Crippen LogP contribution in [0.4, 0.5) is 0 Å². The summed E-state index contributed by atoms with van der Waals surface area (Å²) in [6.07, 6.45) is -1.30. The Bertz CT molecular complexity index is 871. The summed E-state index contributed by atoms with van der Waals surface area (Å²) in [5.41, 5.74) is 2.68. The van der Waals surface area contributed by atoms with Crippen LogP contribution in [0.25, 0.3) is 0 Å². The van der Waals surface area contributed by atoms with E-state index in [2.05, 4.69) is 0 Å². The van der Waals surface area contributed by atoms with E-state index in [0.717, 1.165) is 23.3 Å². The highest BCUT2D eigenvalue weighted by atomic mass is 35.5. The molecular formula is C24H29ClO6. The van der Waals surface area contributed by atoms with Gasteiger partial charge in [-0.25, -0.2) is 0 Å². The Kier molecular flexibility index (Phi) is 7.35. The van der Waals surface area contributed by atoms with Crippen LogP contribution in [0.5, 0.6) is 11.5 Å². The summed E-state index contributed by atoms with van der Waals surface area (Å²) in [5.74, 6) is 1.40. The predicted octanol–water partition coefficient (Wildman–Crippen LogP) is 3.68. The van der Waals surface area contributed by atoms with Crippen LogP contribution in [0.1, 0.15) is 42.6 Å². The normalized spacial score (nSPS) is 26.3. The predicted molar refractivity (Wildman–Crippen MR) is 117 cm³/mol. The molecule has 4 rings (SSSR count). The van der Waals surface area contributed by atoms with Gasteiger partial charge in [0, 0.05) is 30.0 Å². The SMILES string of the molecule is CCOc1ccc(Cc2cc3c(cc2Cl)OCCCOCC2CC(O)C(O)C3O2)cc1. The number of ether oxygens (including phenoxy) is 4. The van der Waals surface area contributed by atoms with Crippen molar-refractivity contribution in [2.24, 2.45) is 0 Å². The molecule has 2 aliphatic rings. The molecule has 0 saturated carbocycles. The zero-order valence-electron chi connectivity index (χ0n) is 17.6. The van der Waals surface area contributed by atoms with Gasteiger partial charge >= 0.3 is 0 Å². The lowest BCUT2D eigenvalue weighted by molar-refractivity contribution is -0.183. The smallest absolute Gasteiger partial charge is 0.126 e. The molecule has 2 N–H and O–H groups in total. The van der Waals surface area contributed by atoms with Crippen molar-refractivity contribution < 1.29 is 29.2 Å². The van der Waals surface area contributed by atoms with E-state index >= 15 is 0 Å². The lowest BCUT2D eigenvalue weighted by Gasteiger charge is -2.37. The van der Waals surface area contributed by atoms with Gasteiger partial charge in [0.05, 0.1) is 32.0 Å². The van der Waals surface area contributed by atoms with Gasteiger partial charge in [-0.1, -0.05) is 23.7 Å². The highest BCUT2D eigenvalue weighted by molar-refractivity contribution is 6.31. The minimum Gasteiger partial charge on any atom is -0.494 e. The fourth-order valence-corrected chi connectivity index (χ4v) is 4.29. The fraction of sp³-hybridized carbons (Fsp3) is 0.500. The summed E-state index contributed by atoms with van der Waals surface area (Å²) in [5, 5.41) is 21.7. The highest BCUT2D eigenvalue weighted by Gasteiger charge is 2.39. The van der Waals surface area contributed by atoms with Crippen molar-refractivity contribution in [1.29, 1.82) is 0 Å². The fourth-order valence-electron chi connectivity index (χ4n) is 4.07. The van der Waals surface area contributed by atoms with Crippen molar-refractivity contribution in [1.82, 2.24) is 0 Å². The Hall–Kier alpha value is -1.83. The largest absolute Gasteiger partial charge is 0.494 e. The van der Waals surface area contributed by atoms with Gasteiger partial charge in [0.1, 0.15) is 23.7 Å². The lowest BCUT2D eigenvalue weighted by Crippen LogP contribution is -2.45. The molecule has 2 heterocycles. The van der Waals surface area contributed by atoms with E-state index in [1.54, 1.807) is 6.07 Å². The summed E-state index contributed by atoms with van der Waals surface area (Å²) in [6.45, 7) is 3.97. The molecule has 0 aliphatic carbocycles. The molecule has 7 heteroatoms. The zero-order chi connectivity index (χ0) is 21.8. The highest BCUT2D eigenvalue weighted by Crippen LogP contribution is 2.40. The Morgan fingerprint density at radius 1 is 1.13 bits per heavy atom. The van der Waals surface area contributed by atoms with E-state index in [9.17, 15) is 10.2 Å². The third kappa shape index (κ3) is 5.33. The molecule has 4 unspecified atom stereocenters. The first kappa shape index (κ1) is 22.4. The Balaban J connectivity index is 1.66. The minimum absolute atomic E-state index is 0.292. The van der Waals surface area contributed by atoms with Crippen molar-refractivity contribution in [3.8, 4) is 11.5 Å². The van der Waals surface area contributed by atoms with E-state index < -0.39 is 18.3 Å². The monoisotopic (exact) mass is 448 g/mol. The maximum atomic E-state index is 10.7. The van der Waals surface area contributed by atoms with Gasteiger partial charge in [-0.15, -0.1) is 0 Å². The summed E-state index contributed by atoms with van der Waals surface area (Å²) in [6, 6.07) is 11.6. The van der Waals surface area contributed by atoms with Crippen molar-refractivity contribution in [2.75, 3.05) is 26.4 Å². The van der Waals surface area contributed by atoms with Gasteiger partial charge < -0.3 is 29.2 Å². The topological polar surface area (TPSA) is 77.4 Å². The van der Waals surface area contributed by atoms with Crippen molar-refractivity contribution in [3.05, 3.63) is 58.1 Å². The second kappa shape index (κ2) is 10.2. The van der Waals surface area contributed by atoms with Gasteiger partial charge in [-0.2, -0.15) is 0 Å². The first-order valence-electron chi connectivity index (χ1n) is 10.8. The van der Waals surface area contributed by atoms with Crippen LogP contribution in [-0.4, -0.2) is 55.0 Å². The number of hydrogen-bond donors (Lipinski definition) is 2. The maximum absolute atomic E-state index is 10.7. The molecule has 168 valence electrons. The van der Waals surface area contributed by atoms with Crippen molar-refractivity contribution in [3.63, 3.8) is 0 Å². The molecule has 1 fully saturated rings. The minimum atomic E-state index is -1.06. The Morgan fingerprint density at radius 2 is 1.94 bits per heavy atom. The van der Waals surface area contributed by atoms with Crippen LogP contribution in [-0.2, 0) is 15.9 Å². The molecule has 2 bridgehead atoms.